The molecule has 8 heteroatoms. The zero-order valence-electron chi connectivity index (χ0n) is 13.7. The summed E-state index contributed by atoms with van der Waals surface area (Å²) in [4.78, 5) is 23.6. The number of benzene rings is 2. The van der Waals surface area contributed by atoms with E-state index in [4.69, 9.17) is 0 Å². The Hall–Kier alpha value is -1.93. The van der Waals surface area contributed by atoms with Crippen molar-refractivity contribution < 1.29 is 18.4 Å². The van der Waals surface area contributed by atoms with E-state index in [-0.39, 0.29) is 29.9 Å². The number of hydrogen-bond donors (Lipinski definition) is 2. The van der Waals surface area contributed by atoms with Crippen molar-refractivity contribution >= 4 is 45.2 Å². The summed E-state index contributed by atoms with van der Waals surface area (Å²) in [5.41, 5.74) is 1.15. The molecule has 0 heterocycles. The Morgan fingerprint density at radius 2 is 1.69 bits per heavy atom. The van der Waals surface area contributed by atoms with Gasteiger partial charge in [-0.05, 0) is 42.3 Å². The molecule has 0 aliphatic carbocycles. The molecule has 2 aromatic rings. The van der Waals surface area contributed by atoms with Gasteiger partial charge in [0.1, 0.15) is 11.6 Å². The predicted octanol–water partition coefficient (Wildman–Crippen LogP) is 3.76. The predicted molar refractivity (Wildman–Crippen MR) is 103 cm³/mol. The smallest absolute Gasteiger partial charge is 0.234 e. The van der Waals surface area contributed by atoms with Crippen molar-refractivity contribution in [2.24, 2.45) is 0 Å². The van der Waals surface area contributed by atoms with Gasteiger partial charge in [-0.15, -0.1) is 11.8 Å². The molecule has 0 saturated heterocycles. The highest BCUT2D eigenvalue weighted by atomic mass is 79.9. The van der Waals surface area contributed by atoms with E-state index in [9.17, 15) is 18.4 Å². The number of thioether (sulfide) groups is 1. The number of carbonyl (C=O) groups is 2. The minimum Gasteiger partial charge on any atom is -0.355 e. The van der Waals surface area contributed by atoms with E-state index >= 15 is 0 Å². The molecule has 0 spiro atoms. The highest BCUT2D eigenvalue weighted by Crippen LogP contribution is 2.16. The number of carbonyl (C=O) groups excluding carboxylic acids is 2. The van der Waals surface area contributed by atoms with Crippen molar-refractivity contribution in [2.45, 2.75) is 6.42 Å². The van der Waals surface area contributed by atoms with Crippen LogP contribution in [-0.4, -0.2) is 29.9 Å². The van der Waals surface area contributed by atoms with Crippen LogP contribution in [0.15, 0.2) is 46.9 Å². The third-order valence-corrected chi connectivity index (χ3v) is 4.66. The SMILES string of the molecule is O=C(CSCC(=O)Nc1cccc(Br)c1)NCCc1cc(F)cc(F)c1. The molecule has 0 aliphatic rings. The summed E-state index contributed by atoms with van der Waals surface area (Å²) in [7, 11) is 0. The molecule has 2 N–H and O–H groups in total. The third-order valence-electron chi connectivity index (χ3n) is 3.23. The van der Waals surface area contributed by atoms with Crippen LogP contribution in [0.4, 0.5) is 14.5 Å². The first-order valence-corrected chi connectivity index (χ1v) is 9.72. The van der Waals surface area contributed by atoms with Crippen LogP contribution in [0.25, 0.3) is 0 Å². The maximum Gasteiger partial charge on any atom is 0.234 e. The highest BCUT2D eigenvalue weighted by molar-refractivity contribution is 9.10. The van der Waals surface area contributed by atoms with Gasteiger partial charge in [-0.2, -0.15) is 0 Å². The van der Waals surface area contributed by atoms with Crippen LogP contribution in [-0.2, 0) is 16.0 Å². The van der Waals surface area contributed by atoms with E-state index in [2.05, 4.69) is 26.6 Å². The Morgan fingerprint density at radius 1 is 1.00 bits per heavy atom. The van der Waals surface area contributed by atoms with Crippen molar-refractivity contribution in [3.8, 4) is 0 Å². The maximum absolute atomic E-state index is 13.1. The Labute approximate surface area is 162 Å². The maximum atomic E-state index is 13.1. The molecule has 0 aromatic heterocycles. The molecule has 0 saturated carbocycles. The monoisotopic (exact) mass is 442 g/mol. The number of anilines is 1. The first-order valence-electron chi connectivity index (χ1n) is 7.77. The molecular formula is C18H17BrF2N2O2S. The van der Waals surface area contributed by atoms with Crippen molar-refractivity contribution in [1.82, 2.24) is 5.32 Å². The molecule has 0 aliphatic heterocycles. The van der Waals surface area contributed by atoms with Gasteiger partial charge in [0.25, 0.3) is 0 Å². The third kappa shape index (κ3) is 7.53. The van der Waals surface area contributed by atoms with Gasteiger partial charge < -0.3 is 10.6 Å². The Balaban J connectivity index is 1.63. The summed E-state index contributed by atoms with van der Waals surface area (Å²) in [6, 6.07) is 10.5. The second kappa shape index (κ2) is 10.3. The van der Waals surface area contributed by atoms with Gasteiger partial charge in [-0.25, -0.2) is 8.78 Å². The summed E-state index contributed by atoms with van der Waals surface area (Å²) in [6.07, 6.45) is 0.328. The van der Waals surface area contributed by atoms with Crippen LogP contribution >= 0.6 is 27.7 Å². The quantitative estimate of drug-likeness (QED) is 0.654. The molecule has 2 amide bonds. The minimum absolute atomic E-state index is 0.128. The fourth-order valence-corrected chi connectivity index (χ4v) is 3.20. The molecule has 0 fully saturated rings. The Bertz CT molecular complexity index is 769. The number of rotatable bonds is 8. The van der Waals surface area contributed by atoms with E-state index in [1.165, 1.54) is 23.9 Å². The van der Waals surface area contributed by atoms with Crippen LogP contribution in [0.1, 0.15) is 5.56 Å². The van der Waals surface area contributed by atoms with Gasteiger partial charge in [-0.3, -0.25) is 9.59 Å². The molecule has 0 bridgehead atoms. The van der Waals surface area contributed by atoms with E-state index in [0.29, 0.717) is 17.7 Å². The average molecular weight is 443 g/mol. The zero-order chi connectivity index (χ0) is 18.9. The van der Waals surface area contributed by atoms with Gasteiger partial charge in [0.15, 0.2) is 0 Å². The largest absolute Gasteiger partial charge is 0.355 e. The number of nitrogens with one attached hydrogen (secondary N) is 2. The number of halogens is 3. The zero-order valence-corrected chi connectivity index (χ0v) is 16.1. The molecule has 138 valence electrons. The van der Waals surface area contributed by atoms with Crippen LogP contribution in [0, 0.1) is 11.6 Å². The molecule has 0 radical (unpaired) electrons. The molecular weight excluding hydrogens is 426 g/mol. The van der Waals surface area contributed by atoms with Gasteiger partial charge >= 0.3 is 0 Å². The number of hydrogen-bond acceptors (Lipinski definition) is 3. The molecule has 2 rings (SSSR count). The molecule has 0 unspecified atom stereocenters. The first-order chi connectivity index (χ1) is 12.4. The van der Waals surface area contributed by atoms with E-state index < -0.39 is 11.6 Å². The van der Waals surface area contributed by atoms with Crippen molar-refractivity contribution in [3.05, 3.63) is 64.1 Å². The Morgan fingerprint density at radius 3 is 2.38 bits per heavy atom. The lowest BCUT2D eigenvalue weighted by Crippen LogP contribution is -2.28. The second-order valence-corrected chi connectivity index (χ2v) is 7.33. The van der Waals surface area contributed by atoms with E-state index in [1.54, 1.807) is 12.1 Å². The van der Waals surface area contributed by atoms with Gasteiger partial charge in [0.05, 0.1) is 11.5 Å². The lowest BCUT2D eigenvalue weighted by atomic mass is 10.1. The van der Waals surface area contributed by atoms with E-state index in [1.807, 2.05) is 12.1 Å². The van der Waals surface area contributed by atoms with E-state index in [0.717, 1.165) is 10.5 Å². The standard InChI is InChI=1S/C18H17BrF2N2O2S/c19-13-2-1-3-16(8-13)23-18(25)11-26-10-17(24)22-5-4-12-6-14(20)9-15(21)7-12/h1-3,6-9H,4-5,10-11H2,(H,22,24)(H,23,25). The normalized spacial score (nSPS) is 10.4. The van der Waals surface area contributed by atoms with Crippen LogP contribution < -0.4 is 10.6 Å². The average Bonchev–Trinajstić information content (AvgIpc) is 2.54. The fourth-order valence-electron chi connectivity index (χ4n) is 2.15. The summed E-state index contributed by atoms with van der Waals surface area (Å²) in [6.45, 7) is 0.270. The summed E-state index contributed by atoms with van der Waals surface area (Å²) in [5, 5.41) is 5.40. The number of amides is 2. The van der Waals surface area contributed by atoms with Gasteiger partial charge in [0, 0.05) is 22.8 Å². The Kier molecular flexibility index (Phi) is 8.06. The van der Waals surface area contributed by atoms with Crippen LogP contribution in [0.2, 0.25) is 0 Å². The van der Waals surface area contributed by atoms with Crippen LogP contribution in [0.3, 0.4) is 0 Å². The summed E-state index contributed by atoms with van der Waals surface area (Å²) in [5.74, 6) is -1.44. The lowest BCUT2D eigenvalue weighted by Gasteiger charge is -2.07. The summed E-state index contributed by atoms with van der Waals surface area (Å²) < 4.78 is 27.0. The topological polar surface area (TPSA) is 58.2 Å². The minimum atomic E-state index is -0.640. The van der Waals surface area contributed by atoms with Gasteiger partial charge in [-0.1, -0.05) is 22.0 Å². The van der Waals surface area contributed by atoms with Gasteiger partial charge in [0.2, 0.25) is 11.8 Å². The molecule has 2 aromatic carbocycles. The fraction of sp³-hybridized carbons (Fsp3) is 0.222. The second-order valence-electron chi connectivity index (χ2n) is 5.43. The molecule has 26 heavy (non-hydrogen) atoms. The van der Waals surface area contributed by atoms with Crippen molar-refractivity contribution in [3.63, 3.8) is 0 Å². The molecule has 0 atom stereocenters. The van der Waals surface area contributed by atoms with Crippen molar-refractivity contribution in [2.75, 3.05) is 23.4 Å². The van der Waals surface area contributed by atoms with Crippen molar-refractivity contribution in [1.29, 1.82) is 0 Å². The molecule has 4 nitrogen and oxygen atoms in total. The highest BCUT2D eigenvalue weighted by Gasteiger charge is 2.07. The first kappa shape index (κ1) is 20.4. The van der Waals surface area contributed by atoms with Crippen LogP contribution in [0.5, 0.6) is 0 Å². The lowest BCUT2D eigenvalue weighted by molar-refractivity contribution is -0.118. The summed E-state index contributed by atoms with van der Waals surface area (Å²) >= 11 is 4.51.